The lowest BCUT2D eigenvalue weighted by Gasteiger charge is -2.04. The molecule has 144 valence electrons. The summed E-state index contributed by atoms with van der Waals surface area (Å²) in [6.07, 6.45) is 4.49. The van der Waals surface area contributed by atoms with Crippen LogP contribution in [-0.2, 0) is 11.3 Å². The van der Waals surface area contributed by atoms with Crippen LogP contribution in [0.25, 0.3) is 6.08 Å². The van der Waals surface area contributed by atoms with Crippen molar-refractivity contribution in [1.29, 1.82) is 0 Å². The maximum Gasteiger partial charge on any atom is 0.286 e. The third-order valence-corrected chi connectivity index (χ3v) is 4.50. The number of carbonyl (C=O) groups excluding carboxylic acids is 2. The minimum absolute atomic E-state index is 0.348. The molecule has 1 aromatic carbocycles. The SMILES string of the molecule is Cc1ccc(Cn2nc(C)c(C=CC(=O)NNC(=O)c3ccc[nH]3)c2Cl)cc1. The Morgan fingerprint density at radius 3 is 2.61 bits per heavy atom. The highest BCUT2D eigenvalue weighted by Crippen LogP contribution is 2.22. The summed E-state index contributed by atoms with van der Waals surface area (Å²) in [4.78, 5) is 26.5. The van der Waals surface area contributed by atoms with Gasteiger partial charge in [0.1, 0.15) is 10.8 Å². The van der Waals surface area contributed by atoms with Crippen molar-refractivity contribution in [2.75, 3.05) is 0 Å². The number of aromatic amines is 1. The van der Waals surface area contributed by atoms with Crippen molar-refractivity contribution in [1.82, 2.24) is 25.6 Å². The number of amides is 2. The number of aryl methyl sites for hydroxylation is 2. The van der Waals surface area contributed by atoms with Crippen LogP contribution in [0.15, 0.2) is 48.7 Å². The molecule has 7 nitrogen and oxygen atoms in total. The van der Waals surface area contributed by atoms with Gasteiger partial charge in [-0.2, -0.15) is 5.10 Å². The molecule has 3 rings (SSSR count). The van der Waals surface area contributed by atoms with Gasteiger partial charge in [0.2, 0.25) is 0 Å². The summed E-state index contributed by atoms with van der Waals surface area (Å²) in [5, 5.41) is 4.88. The Bertz CT molecular complexity index is 1000. The minimum Gasteiger partial charge on any atom is -0.357 e. The fourth-order valence-electron chi connectivity index (χ4n) is 2.59. The molecule has 0 saturated heterocycles. The zero-order valence-corrected chi connectivity index (χ0v) is 16.2. The van der Waals surface area contributed by atoms with Gasteiger partial charge in [0.05, 0.1) is 12.2 Å². The highest BCUT2D eigenvalue weighted by molar-refractivity contribution is 6.31. The molecular weight excluding hydrogens is 378 g/mol. The second-order valence-electron chi connectivity index (χ2n) is 6.29. The molecule has 2 heterocycles. The molecule has 0 aliphatic rings. The average molecular weight is 398 g/mol. The zero-order chi connectivity index (χ0) is 20.1. The van der Waals surface area contributed by atoms with E-state index >= 15 is 0 Å². The number of benzene rings is 1. The van der Waals surface area contributed by atoms with Crippen LogP contribution in [0.1, 0.15) is 32.9 Å². The molecule has 0 aliphatic heterocycles. The van der Waals surface area contributed by atoms with Crippen LogP contribution in [0, 0.1) is 13.8 Å². The lowest BCUT2D eigenvalue weighted by molar-refractivity contribution is -0.117. The van der Waals surface area contributed by atoms with Crippen LogP contribution in [-0.4, -0.2) is 26.6 Å². The molecule has 0 saturated carbocycles. The number of aromatic nitrogens is 3. The van der Waals surface area contributed by atoms with Crippen LogP contribution in [0.5, 0.6) is 0 Å². The summed E-state index contributed by atoms with van der Waals surface area (Å²) in [6, 6.07) is 11.4. The zero-order valence-electron chi connectivity index (χ0n) is 15.5. The van der Waals surface area contributed by atoms with Crippen LogP contribution in [0.4, 0.5) is 0 Å². The van der Waals surface area contributed by atoms with E-state index in [1.54, 1.807) is 29.1 Å². The third kappa shape index (κ3) is 4.69. The number of hydrogen-bond donors (Lipinski definition) is 3. The number of halogens is 1. The summed E-state index contributed by atoms with van der Waals surface area (Å²) >= 11 is 6.43. The van der Waals surface area contributed by atoms with Crippen molar-refractivity contribution in [3.05, 3.63) is 81.9 Å². The normalized spacial score (nSPS) is 11.0. The van der Waals surface area contributed by atoms with E-state index in [9.17, 15) is 9.59 Å². The molecule has 3 N–H and O–H groups in total. The van der Waals surface area contributed by atoms with Crippen molar-refractivity contribution in [2.24, 2.45) is 0 Å². The van der Waals surface area contributed by atoms with Gasteiger partial charge in [-0.15, -0.1) is 0 Å². The molecule has 0 aliphatic carbocycles. The second-order valence-corrected chi connectivity index (χ2v) is 6.65. The van der Waals surface area contributed by atoms with Gasteiger partial charge in [-0.25, -0.2) is 4.68 Å². The molecule has 8 heteroatoms. The number of carbonyl (C=O) groups is 2. The Hall–Kier alpha value is -3.32. The summed E-state index contributed by atoms with van der Waals surface area (Å²) in [5.41, 5.74) is 8.60. The quantitative estimate of drug-likeness (QED) is 0.456. The first-order valence-electron chi connectivity index (χ1n) is 8.64. The minimum atomic E-state index is -0.485. The highest BCUT2D eigenvalue weighted by atomic mass is 35.5. The van der Waals surface area contributed by atoms with E-state index in [4.69, 9.17) is 11.6 Å². The fraction of sp³-hybridized carbons (Fsp3) is 0.150. The lowest BCUT2D eigenvalue weighted by atomic mass is 10.1. The first-order chi connectivity index (χ1) is 13.4. The number of rotatable bonds is 5. The predicted molar refractivity (Wildman–Crippen MR) is 108 cm³/mol. The van der Waals surface area contributed by atoms with Crippen molar-refractivity contribution in [2.45, 2.75) is 20.4 Å². The Balaban J connectivity index is 1.63. The lowest BCUT2D eigenvalue weighted by Crippen LogP contribution is -2.40. The first-order valence-corrected chi connectivity index (χ1v) is 9.02. The molecule has 2 aromatic heterocycles. The molecule has 0 bridgehead atoms. The molecule has 0 fully saturated rings. The van der Waals surface area contributed by atoms with E-state index in [2.05, 4.69) is 20.9 Å². The predicted octanol–water partition coefficient (Wildman–Crippen LogP) is 3.00. The van der Waals surface area contributed by atoms with Gasteiger partial charge < -0.3 is 4.98 Å². The Morgan fingerprint density at radius 2 is 1.93 bits per heavy atom. The molecule has 28 heavy (non-hydrogen) atoms. The van der Waals surface area contributed by atoms with Gasteiger partial charge in [-0.3, -0.25) is 20.4 Å². The molecule has 3 aromatic rings. The second kappa shape index (κ2) is 8.58. The van der Waals surface area contributed by atoms with Crippen molar-refractivity contribution >= 4 is 29.5 Å². The maximum absolute atomic E-state index is 11.9. The number of hydrogen-bond acceptors (Lipinski definition) is 3. The molecule has 2 amide bonds. The van der Waals surface area contributed by atoms with E-state index in [0.717, 1.165) is 5.56 Å². The number of nitrogens with one attached hydrogen (secondary N) is 3. The van der Waals surface area contributed by atoms with E-state index in [1.807, 2.05) is 38.1 Å². The molecule has 0 radical (unpaired) electrons. The largest absolute Gasteiger partial charge is 0.357 e. The molecule has 0 atom stereocenters. The average Bonchev–Trinajstić information content (AvgIpc) is 3.30. The van der Waals surface area contributed by atoms with Gasteiger partial charge in [0, 0.05) is 17.8 Å². The maximum atomic E-state index is 11.9. The first kappa shape index (κ1) is 19.4. The number of nitrogens with zero attached hydrogens (tertiary/aromatic N) is 2. The Morgan fingerprint density at radius 1 is 1.18 bits per heavy atom. The van der Waals surface area contributed by atoms with Gasteiger partial charge >= 0.3 is 0 Å². The van der Waals surface area contributed by atoms with Gasteiger partial charge in [-0.1, -0.05) is 41.4 Å². The van der Waals surface area contributed by atoms with E-state index < -0.39 is 11.8 Å². The van der Waals surface area contributed by atoms with E-state index in [1.165, 1.54) is 11.6 Å². The van der Waals surface area contributed by atoms with Crippen LogP contribution >= 0.6 is 11.6 Å². The smallest absolute Gasteiger partial charge is 0.286 e. The van der Waals surface area contributed by atoms with Crippen LogP contribution in [0.2, 0.25) is 5.15 Å². The molecular formula is C20H20ClN5O2. The van der Waals surface area contributed by atoms with Crippen molar-refractivity contribution in [3.8, 4) is 0 Å². The summed E-state index contributed by atoms with van der Waals surface area (Å²) < 4.78 is 1.69. The van der Waals surface area contributed by atoms with Gasteiger partial charge in [0.25, 0.3) is 11.8 Å². The number of H-pyrrole nitrogens is 1. The summed E-state index contributed by atoms with van der Waals surface area (Å²) in [6.45, 7) is 4.39. The number of hydrazine groups is 1. The highest BCUT2D eigenvalue weighted by Gasteiger charge is 2.12. The van der Waals surface area contributed by atoms with Gasteiger partial charge in [-0.05, 0) is 37.6 Å². The van der Waals surface area contributed by atoms with Crippen LogP contribution in [0.3, 0.4) is 0 Å². The molecule has 0 unspecified atom stereocenters. The standard InChI is InChI=1S/C20H20ClN5O2/c1-13-5-7-15(8-6-13)12-26-19(21)16(14(2)25-26)9-10-18(27)23-24-20(28)17-4-3-11-22-17/h3-11,22H,12H2,1-2H3,(H,23,27)(H,24,28). The molecule has 0 spiro atoms. The Kier molecular flexibility index (Phi) is 5.96. The van der Waals surface area contributed by atoms with Crippen molar-refractivity contribution in [3.63, 3.8) is 0 Å². The third-order valence-electron chi connectivity index (χ3n) is 4.11. The topological polar surface area (TPSA) is 91.8 Å². The van der Waals surface area contributed by atoms with Crippen molar-refractivity contribution < 1.29 is 9.59 Å². The van der Waals surface area contributed by atoms with E-state index in [0.29, 0.717) is 28.6 Å². The summed E-state index contributed by atoms with van der Waals surface area (Å²) in [7, 11) is 0. The Labute approximate surface area is 167 Å². The summed E-state index contributed by atoms with van der Waals surface area (Å²) in [5.74, 6) is -0.923. The van der Waals surface area contributed by atoms with E-state index in [-0.39, 0.29) is 0 Å². The fourth-order valence-corrected chi connectivity index (χ4v) is 2.88. The monoisotopic (exact) mass is 397 g/mol. The van der Waals surface area contributed by atoms with Gasteiger partial charge in [0.15, 0.2) is 0 Å². The van der Waals surface area contributed by atoms with Crippen LogP contribution < -0.4 is 10.9 Å².